The molecule has 1 aliphatic heterocycles. The van der Waals surface area contributed by atoms with Crippen LogP contribution in [0.4, 0.5) is 0 Å². The van der Waals surface area contributed by atoms with Gasteiger partial charge in [0.25, 0.3) is 11.9 Å². The van der Waals surface area contributed by atoms with E-state index in [1.54, 1.807) is 19.1 Å². The zero-order chi connectivity index (χ0) is 11.1. The lowest BCUT2D eigenvalue weighted by Gasteiger charge is -2.21. The van der Waals surface area contributed by atoms with Crippen LogP contribution in [0.2, 0.25) is 0 Å². The van der Waals surface area contributed by atoms with E-state index in [2.05, 4.69) is 20.9 Å². The highest BCUT2D eigenvalue weighted by Gasteiger charge is 2.43. The molecule has 1 unspecified atom stereocenters. The lowest BCUT2D eigenvalue weighted by atomic mass is 9.96. The van der Waals surface area contributed by atoms with E-state index in [4.69, 9.17) is 10.5 Å². The van der Waals surface area contributed by atoms with Crippen molar-refractivity contribution in [2.45, 2.75) is 12.5 Å². The first-order valence-corrected chi connectivity index (χ1v) is 5.15. The van der Waals surface area contributed by atoms with Crippen LogP contribution in [-0.2, 0) is 15.1 Å². The molecule has 1 amide bonds. The van der Waals surface area contributed by atoms with Gasteiger partial charge in [-0.05, 0) is 19.1 Å². The zero-order valence-corrected chi connectivity index (χ0v) is 9.61. The molecule has 1 aromatic rings. The number of halogens is 1. The number of nitrogens with two attached hydrogens (primary N) is 1. The second-order valence-electron chi connectivity index (χ2n) is 3.40. The molecular formula is C10H9BrN2O2. The monoisotopic (exact) mass is 268 g/mol. The number of aliphatic imine (C=N–C) groups is 1. The van der Waals surface area contributed by atoms with Gasteiger partial charge in [-0.15, -0.1) is 0 Å². The van der Waals surface area contributed by atoms with E-state index in [0.717, 1.165) is 10.0 Å². The number of amidine groups is 1. The first kappa shape index (κ1) is 10.2. The first-order chi connectivity index (χ1) is 7.02. The van der Waals surface area contributed by atoms with Crippen LogP contribution in [0.25, 0.3) is 0 Å². The van der Waals surface area contributed by atoms with Gasteiger partial charge in [-0.25, -0.2) is 0 Å². The highest BCUT2D eigenvalue weighted by molar-refractivity contribution is 9.10. The Morgan fingerprint density at radius 2 is 2.00 bits per heavy atom. The highest BCUT2D eigenvalue weighted by Crippen LogP contribution is 2.31. The van der Waals surface area contributed by atoms with Gasteiger partial charge in [0.05, 0.1) is 0 Å². The molecule has 2 N–H and O–H groups in total. The average Bonchev–Trinajstić information content (AvgIpc) is 2.42. The molecule has 1 aromatic carbocycles. The molecular weight excluding hydrogens is 260 g/mol. The van der Waals surface area contributed by atoms with Crippen molar-refractivity contribution in [3.63, 3.8) is 0 Å². The largest absolute Gasteiger partial charge is 0.444 e. The van der Waals surface area contributed by atoms with Gasteiger partial charge in [-0.3, -0.25) is 4.79 Å². The Bertz CT molecular complexity index is 441. The summed E-state index contributed by atoms with van der Waals surface area (Å²) < 4.78 is 6.19. The topological polar surface area (TPSA) is 64.7 Å². The van der Waals surface area contributed by atoms with Crippen molar-refractivity contribution >= 4 is 27.9 Å². The van der Waals surface area contributed by atoms with Gasteiger partial charge in [0.1, 0.15) is 0 Å². The summed E-state index contributed by atoms with van der Waals surface area (Å²) in [6, 6.07) is 7.20. The van der Waals surface area contributed by atoms with E-state index < -0.39 is 5.60 Å². The van der Waals surface area contributed by atoms with Crippen LogP contribution in [0.5, 0.6) is 0 Å². The van der Waals surface area contributed by atoms with Crippen LogP contribution in [0.1, 0.15) is 12.5 Å². The van der Waals surface area contributed by atoms with E-state index in [1.165, 1.54) is 0 Å². The minimum Gasteiger partial charge on any atom is -0.444 e. The molecule has 0 aliphatic carbocycles. The number of carbonyl (C=O) groups is 1. The minimum atomic E-state index is -1.08. The van der Waals surface area contributed by atoms with Gasteiger partial charge in [-0.2, -0.15) is 4.99 Å². The van der Waals surface area contributed by atoms with Gasteiger partial charge in [0.2, 0.25) is 5.60 Å². The van der Waals surface area contributed by atoms with Crippen molar-refractivity contribution in [2.75, 3.05) is 0 Å². The number of ether oxygens (including phenoxy) is 1. The summed E-state index contributed by atoms with van der Waals surface area (Å²) in [4.78, 5) is 15.2. The van der Waals surface area contributed by atoms with Crippen LogP contribution in [0.3, 0.4) is 0 Å². The van der Waals surface area contributed by atoms with Crippen LogP contribution >= 0.6 is 15.9 Å². The molecule has 5 heteroatoms. The highest BCUT2D eigenvalue weighted by atomic mass is 79.9. The zero-order valence-electron chi connectivity index (χ0n) is 8.03. The van der Waals surface area contributed by atoms with Gasteiger partial charge in [0, 0.05) is 10.0 Å². The predicted octanol–water partition coefficient (Wildman–Crippen LogP) is 1.54. The maximum atomic E-state index is 11.6. The molecule has 78 valence electrons. The summed E-state index contributed by atoms with van der Waals surface area (Å²) in [6.45, 7) is 1.65. The van der Waals surface area contributed by atoms with Crippen molar-refractivity contribution < 1.29 is 9.53 Å². The SMILES string of the molecule is CC1(c2ccc(Br)cc2)OC(N)=NC1=O. The maximum absolute atomic E-state index is 11.6. The molecule has 0 spiro atoms. The summed E-state index contributed by atoms with van der Waals surface area (Å²) in [5.74, 6) is -0.373. The van der Waals surface area contributed by atoms with E-state index in [9.17, 15) is 4.79 Å². The Morgan fingerprint density at radius 1 is 1.40 bits per heavy atom. The number of carbonyl (C=O) groups excluding carboxylic acids is 1. The van der Waals surface area contributed by atoms with Gasteiger partial charge >= 0.3 is 0 Å². The van der Waals surface area contributed by atoms with Crippen molar-refractivity contribution in [1.29, 1.82) is 0 Å². The first-order valence-electron chi connectivity index (χ1n) is 4.36. The number of amides is 1. The molecule has 0 fully saturated rings. The third kappa shape index (κ3) is 1.63. The number of benzene rings is 1. The third-order valence-corrected chi connectivity index (χ3v) is 2.85. The Balaban J connectivity index is 2.40. The van der Waals surface area contributed by atoms with Crippen LogP contribution in [0.15, 0.2) is 33.7 Å². The number of rotatable bonds is 1. The number of nitrogens with zero attached hydrogens (tertiary/aromatic N) is 1. The Hall–Kier alpha value is -1.36. The van der Waals surface area contributed by atoms with E-state index >= 15 is 0 Å². The summed E-state index contributed by atoms with van der Waals surface area (Å²) in [5, 5.41) is 0. The Morgan fingerprint density at radius 3 is 2.47 bits per heavy atom. The summed E-state index contributed by atoms with van der Waals surface area (Å²) in [6.07, 6.45) is 0. The smallest absolute Gasteiger partial charge is 0.298 e. The van der Waals surface area contributed by atoms with Crippen LogP contribution < -0.4 is 5.73 Å². The fourth-order valence-corrected chi connectivity index (χ4v) is 1.70. The lowest BCUT2D eigenvalue weighted by Crippen LogP contribution is -2.31. The molecule has 4 nitrogen and oxygen atoms in total. The molecule has 0 saturated heterocycles. The maximum Gasteiger partial charge on any atom is 0.298 e. The third-order valence-electron chi connectivity index (χ3n) is 2.32. The van der Waals surface area contributed by atoms with E-state index in [-0.39, 0.29) is 11.9 Å². The second kappa shape index (κ2) is 3.34. The fourth-order valence-electron chi connectivity index (χ4n) is 1.43. The molecule has 1 aliphatic rings. The summed E-state index contributed by atoms with van der Waals surface area (Å²) >= 11 is 3.32. The lowest BCUT2D eigenvalue weighted by molar-refractivity contribution is -0.130. The number of hydrogen-bond donors (Lipinski definition) is 1. The summed E-state index contributed by atoms with van der Waals surface area (Å²) in [5.41, 5.74) is 5.02. The molecule has 0 aromatic heterocycles. The number of hydrogen-bond acceptors (Lipinski definition) is 3. The quantitative estimate of drug-likeness (QED) is 0.840. The van der Waals surface area contributed by atoms with Gasteiger partial charge < -0.3 is 10.5 Å². The molecule has 0 saturated carbocycles. The van der Waals surface area contributed by atoms with E-state index in [1.807, 2.05) is 12.1 Å². The van der Waals surface area contributed by atoms with Crippen LogP contribution in [-0.4, -0.2) is 11.9 Å². The normalized spacial score (nSPS) is 24.9. The molecule has 15 heavy (non-hydrogen) atoms. The molecule has 0 radical (unpaired) electrons. The second-order valence-corrected chi connectivity index (χ2v) is 4.31. The van der Waals surface area contributed by atoms with Gasteiger partial charge in [0.15, 0.2) is 0 Å². The average molecular weight is 269 g/mol. The van der Waals surface area contributed by atoms with Crippen molar-refractivity contribution in [1.82, 2.24) is 0 Å². The van der Waals surface area contributed by atoms with Crippen molar-refractivity contribution in [2.24, 2.45) is 10.7 Å². The van der Waals surface area contributed by atoms with Gasteiger partial charge in [-0.1, -0.05) is 28.1 Å². The fraction of sp³-hybridized carbons (Fsp3) is 0.200. The minimum absolute atomic E-state index is 0.0783. The predicted molar refractivity (Wildman–Crippen MR) is 59.2 cm³/mol. The molecule has 1 heterocycles. The molecule has 1 atom stereocenters. The Kier molecular flexibility index (Phi) is 2.26. The summed E-state index contributed by atoms with van der Waals surface area (Å²) in [7, 11) is 0. The van der Waals surface area contributed by atoms with Crippen molar-refractivity contribution in [3.05, 3.63) is 34.3 Å². The van der Waals surface area contributed by atoms with Crippen molar-refractivity contribution in [3.8, 4) is 0 Å². The van der Waals surface area contributed by atoms with Crippen LogP contribution in [0, 0.1) is 0 Å². The van der Waals surface area contributed by atoms with E-state index in [0.29, 0.717) is 0 Å². The molecule has 2 rings (SSSR count). The Labute approximate surface area is 95.3 Å². The standard InChI is InChI=1S/C10H9BrN2O2/c1-10(8(14)13-9(12)15-10)6-2-4-7(11)5-3-6/h2-5H,1H3,(H2,12,13,14). The molecule has 0 bridgehead atoms.